The van der Waals surface area contributed by atoms with Crippen LogP contribution >= 0.6 is 11.6 Å². The molecule has 0 unspecified atom stereocenters. The van der Waals surface area contributed by atoms with Crippen LogP contribution in [0.15, 0.2) is 24.3 Å². The monoisotopic (exact) mass is 317 g/mol. The van der Waals surface area contributed by atoms with Crippen LogP contribution in [-0.2, 0) is 11.2 Å². The first kappa shape index (κ1) is 14.6. The van der Waals surface area contributed by atoms with Crippen molar-refractivity contribution in [2.45, 2.75) is 56.9 Å². The van der Waals surface area contributed by atoms with Crippen molar-refractivity contribution < 1.29 is 4.79 Å². The van der Waals surface area contributed by atoms with Gasteiger partial charge in [0.15, 0.2) is 0 Å². The van der Waals surface area contributed by atoms with Crippen molar-refractivity contribution >= 4 is 17.5 Å². The van der Waals surface area contributed by atoms with Crippen LogP contribution in [0.3, 0.4) is 0 Å². The Morgan fingerprint density at radius 2 is 1.68 bits per heavy atom. The van der Waals surface area contributed by atoms with Gasteiger partial charge in [-0.2, -0.15) is 0 Å². The molecule has 1 N–H and O–H groups in total. The molecule has 0 radical (unpaired) electrons. The maximum absolute atomic E-state index is 12.5. The summed E-state index contributed by atoms with van der Waals surface area (Å²) in [5.74, 6) is 2.82. The Labute approximate surface area is 137 Å². The Morgan fingerprint density at radius 3 is 2.27 bits per heavy atom. The number of benzene rings is 1. The van der Waals surface area contributed by atoms with Crippen LogP contribution in [0, 0.1) is 17.8 Å². The lowest BCUT2D eigenvalue weighted by atomic mass is 9.53. The van der Waals surface area contributed by atoms with Crippen LogP contribution < -0.4 is 5.32 Å². The molecule has 5 rings (SSSR count). The maximum Gasteiger partial charge on any atom is 0.220 e. The molecule has 1 amide bonds. The summed E-state index contributed by atoms with van der Waals surface area (Å²) < 4.78 is 0. The Morgan fingerprint density at radius 1 is 1.09 bits per heavy atom. The topological polar surface area (TPSA) is 29.1 Å². The molecule has 2 nitrogen and oxygen atoms in total. The van der Waals surface area contributed by atoms with Crippen LogP contribution in [0.2, 0.25) is 5.02 Å². The minimum absolute atomic E-state index is 0.131. The van der Waals surface area contributed by atoms with Crippen molar-refractivity contribution in [3.05, 3.63) is 34.9 Å². The Bertz CT molecular complexity index is 547. The highest BCUT2D eigenvalue weighted by atomic mass is 35.5. The molecule has 4 aliphatic rings. The van der Waals surface area contributed by atoms with Crippen molar-refractivity contribution in [2.24, 2.45) is 17.8 Å². The van der Waals surface area contributed by atoms with E-state index in [1.165, 1.54) is 38.5 Å². The third-order valence-electron chi connectivity index (χ3n) is 6.02. The summed E-state index contributed by atoms with van der Waals surface area (Å²) >= 11 is 6.18. The van der Waals surface area contributed by atoms with Crippen LogP contribution in [0.4, 0.5) is 0 Å². The van der Waals surface area contributed by atoms with E-state index < -0.39 is 0 Å². The molecule has 0 saturated heterocycles. The number of halogens is 1. The predicted octanol–water partition coefficient (Wildman–Crippen LogP) is 4.36. The van der Waals surface area contributed by atoms with Crippen LogP contribution in [0.5, 0.6) is 0 Å². The molecule has 118 valence electrons. The van der Waals surface area contributed by atoms with Crippen molar-refractivity contribution in [2.75, 3.05) is 0 Å². The smallest absolute Gasteiger partial charge is 0.220 e. The maximum atomic E-state index is 12.5. The van der Waals surface area contributed by atoms with E-state index in [2.05, 4.69) is 5.32 Å². The predicted molar refractivity (Wildman–Crippen MR) is 88.8 cm³/mol. The lowest BCUT2D eigenvalue weighted by molar-refractivity contribution is -0.126. The number of rotatable bonds is 4. The quantitative estimate of drug-likeness (QED) is 0.878. The van der Waals surface area contributed by atoms with Crippen LogP contribution in [0.1, 0.15) is 50.5 Å². The molecule has 22 heavy (non-hydrogen) atoms. The molecule has 3 heteroatoms. The van der Waals surface area contributed by atoms with E-state index in [-0.39, 0.29) is 11.4 Å². The van der Waals surface area contributed by atoms with E-state index in [4.69, 9.17) is 11.6 Å². The molecule has 0 aliphatic heterocycles. The highest BCUT2D eigenvalue weighted by molar-refractivity contribution is 6.31. The molecule has 4 fully saturated rings. The first-order chi connectivity index (χ1) is 10.6. The first-order valence-electron chi connectivity index (χ1n) is 8.66. The molecule has 4 saturated carbocycles. The minimum Gasteiger partial charge on any atom is -0.351 e. The summed E-state index contributed by atoms with van der Waals surface area (Å²) in [6.45, 7) is 0. The number of carbonyl (C=O) groups excluding carboxylic acids is 1. The van der Waals surface area contributed by atoms with Crippen molar-refractivity contribution in [3.8, 4) is 0 Å². The van der Waals surface area contributed by atoms with Gasteiger partial charge in [0, 0.05) is 17.0 Å². The van der Waals surface area contributed by atoms with Gasteiger partial charge in [0.1, 0.15) is 0 Å². The summed E-state index contributed by atoms with van der Waals surface area (Å²) in [6.07, 6.45) is 9.17. The number of hydrogen-bond donors (Lipinski definition) is 1. The average molecular weight is 318 g/mol. The molecule has 0 heterocycles. The summed E-state index contributed by atoms with van der Waals surface area (Å²) in [7, 11) is 0. The fourth-order valence-electron chi connectivity index (χ4n) is 5.57. The molecule has 1 aromatic rings. The van der Waals surface area contributed by atoms with Crippen molar-refractivity contribution in [1.29, 1.82) is 0 Å². The van der Waals surface area contributed by atoms with Gasteiger partial charge in [-0.15, -0.1) is 0 Å². The normalized spacial score (nSPS) is 35.6. The third-order valence-corrected chi connectivity index (χ3v) is 6.39. The number of nitrogens with one attached hydrogen (secondary N) is 1. The van der Waals surface area contributed by atoms with Crippen molar-refractivity contribution in [3.63, 3.8) is 0 Å². The van der Waals surface area contributed by atoms with Gasteiger partial charge in [-0.1, -0.05) is 29.8 Å². The molecular formula is C19H24ClNO. The number of hydrogen-bond acceptors (Lipinski definition) is 1. The van der Waals surface area contributed by atoms with E-state index in [0.717, 1.165) is 34.8 Å². The summed E-state index contributed by atoms with van der Waals surface area (Å²) in [5, 5.41) is 4.20. The lowest BCUT2D eigenvalue weighted by Crippen LogP contribution is -2.59. The van der Waals surface area contributed by atoms with Gasteiger partial charge in [-0.05, 0) is 74.3 Å². The molecule has 1 aromatic carbocycles. The average Bonchev–Trinajstić information content (AvgIpc) is 2.44. The number of aryl methyl sites for hydroxylation is 1. The van der Waals surface area contributed by atoms with E-state index in [0.29, 0.717) is 6.42 Å². The van der Waals surface area contributed by atoms with E-state index in [9.17, 15) is 4.79 Å². The van der Waals surface area contributed by atoms with Crippen LogP contribution in [-0.4, -0.2) is 11.4 Å². The highest BCUT2D eigenvalue weighted by Gasteiger charge is 2.51. The van der Waals surface area contributed by atoms with Crippen molar-refractivity contribution in [1.82, 2.24) is 5.32 Å². The SMILES string of the molecule is O=C(CCc1ccccc1Cl)NC12CC3CC(CC(C3)C1)C2. The van der Waals surface area contributed by atoms with E-state index >= 15 is 0 Å². The van der Waals surface area contributed by atoms with Gasteiger partial charge in [0.2, 0.25) is 5.91 Å². The Balaban J connectivity index is 1.37. The lowest BCUT2D eigenvalue weighted by Gasteiger charge is -2.56. The zero-order valence-corrected chi connectivity index (χ0v) is 13.7. The standard InChI is InChI=1S/C19H24ClNO/c20-17-4-2-1-3-16(17)5-6-18(22)21-19-10-13-7-14(11-19)9-15(8-13)12-19/h1-4,13-15H,5-12H2,(H,21,22). The van der Waals surface area contributed by atoms with Gasteiger partial charge >= 0.3 is 0 Å². The second kappa shape index (κ2) is 5.56. The van der Waals surface area contributed by atoms with Crippen LogP contribution in [0.25, 0.3) is 0 Å². The zero-order chi connectivity index (χ0) is 15.2. The fraction of sp³-hybridized carbons (Fsp3) is 0.632. The van der Waals surface area contributed by atoms with Gasteiger partial charge in [0.25, 0.3) is 0 Å². The zero-order valence-electron chi connectivity index (χ0n) is 13.0. The largest absolute Gasteiger partial charge is 0.351 e. The second-order valence-corrected chi connectivity index (χ2v) is 8.24. The van der Waals surface area contributed by atoms with E-state index in [1.807, 2.05) is 24.3 Å². The summed E-state index contributed by atoms with van der Waals surface area (Å²) in [6, 6.07) is 7.83. The van der Waals surface area contributed by atoms with Gasteiger partial charge < -0.3 is 5.32 Å². The molecule has 0 aromatic heterocycles. The third kappa shape index (κ3) is 2.78. The molecule has 4 aliphatic carbocycles. The molecular weight excluding hydrogens is 294 g/mol. The Hall–Kier alpha value is -1.02. The van der Waals surface area contributed by atoms with Gasteiger partial charge in [-0.3, -0.25) is 4.79 Å². The highest BCUT2D eigenvalue weighted by Crippen LogP contribution is 2.55. The molecule has 0 spiro atoms. The molecule has 4 bridgehead atoms. The van der Waals surface area contributed by atoms with Gasteiger partial charge in [-0.25, -0.2) is 0 Å². The summed E-state index contributed by atoms with van der Waals surface area (Å²) in [5.41, 5.74) is 1.21. The Kier molecular flexibility index (Phi) is 3.68. The fourth-order valence-corrected chi connectivity index (χ4v) is 5.80. The summed E-state index contributed by atoms with van der Waals surface area (Å²) in [4.78, 5) is 12.5. The minimum atomic E-state index is 0.131. The van der Waals surface area contributed by atoms with E-state index in [1.54, 1.807) is 0 Å². The molecule has 0 atom stereocenters. The number of carbonyl (C=O) groups is 1. The second-order valence-electron chi connectivity index (χ2n) is 7.84. The first-order valence-corrected chi connectivity index (χ1v) is 9.04. The van der Waals surface area contributed by atoms with Gasteiger partial charge in [0.05, 0.1) is 0 Å². The number of amides is 1.